The van der Waals surface area contributed by atoms with E-state index in [1.807, 2.05) is 12.2 Å². The summed E-state index contributed by atoms with van der Waals surface area (Å²) >= 11 is 0. The molecule has 0 fully saturated rings. The lowest BCUT2D eigenvalue weighted by Gasteiger charge is -2.45. The molecule has 0 heterocycles. The molecule has 0 atom stereocenters. The van der Waals surface area contributed by atoms with Crippen molar-refractivity contribution in [2.75, 3.05) is 120 Å². The minimum absolute atomic E-state index is 0.295. The molecule has 0 aliphatic heterocycles. The Labute approximate surface area is 746 Å². The maximum Gasteiger partial charge on any atom is 0.147 e. The van der Waals surface area contributed by atoms with E-state index < -0.39 is 5.54 Å². The Kier molecular flexibility index (Phi) is 73.2. The summed E-state index contributed by atoms with van der Waals surface area (Å²) in [5, 5.41) is 0. The van der Waals surface area contributed by atoms with Crippen LogP contribution in [0.3, 0.4) is 0 Å². The third-order valence-corrected chi connectivity index (χ3v) is 23.8. The number of nitrogens with zero attached hydrogens (tertiary/aromatic N) is 1. The first kappa shape index (κ1) is 108. The maximum atomic E-state index is 6.29. The van der Waals surface area contributed by atoms with Gasteiger partial charge in [0, 0.05) is 65.9 Å². The SMILES string of the molecule is C=CCOCCCCCCCCCCCCCCCOCOCc1ccccc1COCCCCCCCCCCCCCCCOCOCCN(CCOCOCCCCCCCCCCCCCCCOCc1ccccc1COCOCCCCCCCCCCCCCCCOCC=C)C(c1ccccc1)(c1ccccc1)c1ccccc1. The molecule has 122 heavy (non-hydrogen) atoms. The van der Waals surface area contributed by atoms with E-state index in [-0.39, 0.29) is 0 Å². The number of hydrogen-bond donors (Lipinski definition) is 0. The van der Waals surface area contributed by atoms with Crippen LogP contribution in [0.5, 0.6) is 0 Å². The lowest BCUT2D eigenvalue weighted by Crippen LogP contribution is -2.50. The molecule has 5 aromatic carbocycles. The Balaban J connectivity index is 0.794. The van der Waals surface area contributed by atoms with Crippen molar-refractivity contribution in [2.45, 2.75) is 366 Å². The average Bonchev–Trinajstić information content (AvgIpc) is 0.740. The van der Waals surface area contributed by atoms with E-state index >= 15 is 0 Å². The molecular weight excluding hydrogens is 1520 g/mol. The quantitative estimate of drug-likeness (QED) is 0.0159. The van der Waals surface area contributed by atoms with E-state index in [1.165, 1.54) is 334 Å². The molecule has 0 aliphatic rings. The summed E-state index contributed by atoms with van der Waals surface area (Å²) in [5.74, 6) is 0. The van der Waals surface area contributed by atoms with Gasteiger partial charge in [-0.1, -0.05) is 434 Å². The van der Waals surface area contributed by atoms with Crippen LogP contribution in [0, 0.1) is 0 Å². The van der Waals surface area contributed by atoms with E-state index in [2.05, 4.69) is 158 Å². The summed E-state index contributed by atoms with van der Waals surface area (Å²) in [7, 11) is 0. The van der Waals surface area contributed by atoms with E-state index in [4.69, 9.17) is 56.8 Å². The van der Waals surface area contributed by atoms with Crippen molar-refractivity contribution < 1.29 is 56.8 Å². The Bertz CT molecular complexity index is 2780. The second-order valence-corrected chi connectivity index (χ2v) is 34.2. The van der Waals surface area contributed by atoms with Crippen LogP contribution in [0.2, 0.25) is 0 Å². The topological polar surface area (TPSA) is 114 Å². The second kappa shape index (κ2) is 83.0. The predicted molar refractivity (Wildman–Crippen MR) is 510 cm³/mol. The highest BCUT2D eigenvalue weighted by atomic mass is 16.7. The normalized spacial score (nSPS) is 11.8. The molecule has 0 aromatic heterocycles. The van der Waals surface area contributed by atoms with Crippen molar-refractivity contribution in [2.24, 2.45) is 0 Å². The van der Waals surface area contributed by atoms with Crippen molar-refractivity contribution in [1.29, 1.82) is 0 Å². The van der Waals surface area contributed by atoms with Crippen molar-refractivity contribution in [3.8, 4) is 0 Å². The first-order valence-corrected chi connectivity index (χ1v) is 50.0. The molecule has 0 radical (unpaired) electrons. The van der Waals surface area contributed by atoms with Crippen LogP contribution in [0.25, 0.3) is 0 Å². The first-order valence-electron chi connectivity index (χ1n) is 50.0. The molecule has 0 N–H and O–H groups in total. The van der Waals surface area contributed by atoms with E-state index in [0.29, 0.717) is 93.1 Å². The van der Waals surface area contributed by atoms with Gasteiger partial charge in [0.2, 0.25) is 0 Å². The zero-order valence-electron chi connectivity index (χ0n) is 77.5. The summed E-state index contributed by atoms with van der Waals surface area (Å²) in [6.07, 6.45) is 71.0. The first-order chi connectivity index (χ1) is 60.8. The van der Waals surface area contributed by atoms with E-state index in [0.717, 1.165) is 91.4 Å². The van der Waals surface area contributed by atoms with E-state index in [9.17, 15) is 0 Å². The van der Waals surface area contributed by atoms with Gasteiger partial charge in [-0.05, 0) is 90.3 Å². The largest absolute Gasteiger partial charge is 0.377 e. The summed E-state index contributed by atoms with van der Waals surface area (Å²) in [4.78, 5) is 2.54. The van der Waals surface area contributed by atoms with Crippen LogP contribution in [-0.4, -0.2) is 124 Å². The molecule has 0 unspecified atom stereocenters. The fourth-order valence-corrected chi connectivity index (χ4v) is 16.6. The van der Waals surface area contributed by atoms with Crippen LogP contribution in [-0.2, 0) is 88.8 Å². The predicted octanol–water partition coefficient (Wildman–Crippen LogP) is 29.4. The lowest BCUT2D eigenvalue weighted by atomic mass is 9.75. The number of benzene rings is 5. The Hall–Kier alpha value is -4.94. The molecule has 5 aromatic rings. The number of hydrogen-bond acceptors (Lipinski definition) is 13. The van der Waals surface area contributed by atoms with Crippen molar-refractivity contribution in [3.63, 3.8) is 0 Å². The molecule has 0 aliphatic carbocycles. The van der Waals surface area contributed by atoms with Crippen LogP contribution < -0.4 is 0 Å². The van der Waals surface area contributed by atoms with Crippen molar-refractivity contribution in [3.05, 3.63) is 204 Å². The standard InChI is InChI=1S/C109H177NO12/c1-3-82-111-84-62-41-33-25-17-9-5-13-23-31-39-47-68-90-117-100-121-96-104-72-60-58-70-102(104)94-113-86-64-43-35-27-19-11-7-15-21-29-37-45-66-88-115-98-119-92-80-110(109(106-74-52-49-53-75-106,107-76-54-50-55-77-107)108-78-56-51-57-79-108)81-93-120-99-116-89-67-46-38-30-22-16-8-12-20-28-36-44-65-87-114-95-103-71-59-61-73-105(103)97-122-101-118-91-69-48-40-32-24-14-6-10-18-26-34-42-63-85-112-83-4-2/h3-4,49-61,70-79H,1-2,5-48,62-69,80-101H2. The number of unbranched alkanes of at least 4 members (excludes halogenated alkanes) is 48. The van der Waals surface area contributed by atoms with Crippen molar-refractivity contribution >= 4 is 0 Å². The highest BCUT2D eigenvalue weighted by Crippen LogP contribution is 2.42. The monoisotopic (exact) mass is 1690 g/mol. The average molecular weight is 1690 g/mol. The van der Waals surface area contributed by atoms with Gasteiger partial charge in [0.05, 0.1) is 58.4 Å². The summed E-state index contributed by atoms with van der Waals surface area (Å²) in [5.41, 5.74) is 7.86. The molecule has 13 nitrogen and oxygen atoms in total. The van der Waals surface area contributed by atoms with Gasteiger partial charge in [-0.25, -0.2) is 0 Å². The zero-order chi connectivity index (χ0) is 85.6. The van der Waals surface area contributed by atoms with Crippen molar-refractivity contribution in [1.82, 2.24) is 4.90 Å². The Morgan fingerprint density at radius 3 is 0.582 bits per heavy atom. The molecular formula is C109H177NO12. The van der Waals surface area contributed by atoms with Crippen LogP contribution in [0.15, 0.2) is 165 Å². The molecule has 0 bridgehead atoms. The maximum absolute atomic E-state index is 6.29. The summed E-state index contributed by atoms with van der Waals surface area (Å²) < 4.78 is 71.5. The third kappa shape index (κ3) is 57.7. The van der Waals surface area contributed by atoms with Crippen LogP contribution in [0.1, 0.15) is 373 Å². The van der Waals surface area contributed by atoms with Gasteiger partial charge in [-0.15, -0.1) is 13.2 Å². The number of rotatable bonds is 94. The van der Waals surface area contributed by atoms with Crippen LogP contribution in [0.4, 0.5) is 0 Å². The van der Waals surface area contributed by atoms with Gasteiger partial charge in [-0.2, -0.15) is 0 Å². The third-order valence-electron chi connectivity index (χ3n) is 23.8. The molecule has 0 spiro atoms. The van der Waals surface area contributed by atoms with Gasteiger partial charge in [0.15, 0.2) is 0 Å². The van der Waals surface area contributed by atoms with Crippen LogP contribution >= 0.6 is 0 Å². The minimum Gasteiger partial charge on any atom is -0.377 e. The molecule has 5 rings (SSSR count). The smallest absolute Gasteiger partial charge is 0.147 e. The fraction of sp³-hybridized carbons (Fsp3) is 0.688. The molecule has 0 saturated carbocycles. The lowest BCUT2D eigenvalue weighted by molar-refractivity contribution is -0.0754. The fourth-order valence-electron chi connectivity index (χ4n) is 16.6. The minimum atomic E-state index is -0.580. The molecule has 0 amide bonds. The molecule has 0 saturated heterocycles. The van der Waals surface area contributed by atoms with Gasteiger partial charge >= 0.3 is 0 Å². The molecule has 690 valence electrons. The zero-order valence-corrected chi connectivity index (χ0v) is 77.5. The Morgan fingerprint density at radius 2 is 0.361 bits per heavy atom. The van der Waals surface area contributed by atoms with Gasteiger partial charge < -0.3 is 56.8 Å². The Morgan fingerprint density at radius 1 is 0.189 bits per heavy atom. The molecule has 13 heteroatoms. The van der Waals surface area contributed by atoms with Gasteiger partial charge in [0.25, 0.3) is 0 Å². The highest BCUT2D eigenvalue weighted by Gasteiger charge is 2.42. The van der Waals surface area contributed by atoms with Gasteiger partial charge in [0.1, 0.15) is 27.2 Å². The summed E-state index contributed by atoms with van der Waals surface area (Å²) in [6.45, 7) is 21.3. The van der Waals surface area contributed by atoms with Gasteiger partial charge in [-0.3, -0.25) is 4.90 Å². The summed E-state index contributed by atoms with van der Waals surface area (Å²) in [6, 6.07) is 49.8. The second-order valence-electron chi connectivity index (χ2n) is 34.2. The highest BCUT2D eigenvalue weighted by molar-refractivity contribution is 5.49. The van der Waals surface area contributed by atoms with E-state index in [1.54, 1.807) is 0 Å². The number of ether oxygens (including phenoxy) is 12.